The standard InChI is InChI=1S/C40H24/c1-2-8-25(9-3-1)33-19-17-27-14-15-29-22-31(23-30-18-21-35(33)40(27)38(29)30)39-34-13-7-5-11-28(34)24-37-32-12-6-4-10-26(32)16-20-36(37)39/h1-24H/i1D,2D,3D,8D,9D. The van der Waals surface area contributed by atoms with Gasteiger partial charge in [-0.2, -0.15) is 0 Å². The lowest BCUT2D eigenvalue weighted by Crippen LogP contribution is -1.90. The van der Waals surface area contributed by atoms with Gasteiger partial charge in [0, 0.05) is 0 Å². The number of benzene rings is 9. The first kappa shape index (κ1) is 17.4. The summed E-state index contributed by atoms with van der Waals surface area (Å²) in [7, 11) is 0. The summed E-state index contributed by atoms with van der Waals surface area (Å²) in [4.78, 5) is 0. The van der Waals surface area contributed by atoms with E-state index in [0.29, 0.717) is 5.56 Å². The van der Waals surface area contributed by atoms with Gasteiger partial charge in [0.05, 0.1) is 6.85 Å². The number of hydrogen-bond acceptors (Lipinski definition) is 0. The smallest absolute Gasteiger partial charge is 0.0622 e. The van der Waals surface area contributed by atoms with E-state index < -0.39 is 0 Å². The van der Waals surface area contributed by atoms with Crippen LogP contribution in [-0.2, 0) is 0 Å². The van der Waals surface area contributed by atoms with Crippen LogP contribution in [0.15, 0.2) is 145 Å². The normalized spacial score (nSPS) is 13.8. The Hall–Kier alpha value is -5.20. The van der Waals surface area contributed by atoms with E-state index in [0.717, 1.165) is 37.9 Å². The zero-order valence-electron chi connectivity index (χ0n) is 26.5. The van der Waals surface area contributed by atoms with Crippen molar-refractivity contribution >= 4 is 64.6 Å². The molecule has 9 rings (SSSR count). The predicted molar refractivity (Wildman–Crippen MR) is 174 cm³/mol. The highest BCUT2D eigenvalue weighted by Crippen LogP contribution is 2.44. The van der Waals surface area contributed by atoms with Gasteiger partial charge >= 0.3 is 0 Å². The summed E-state index contributed by atoms with van der Waals surface area (Å²) in [6.07, 6.45) is 0. The van der Waals surface area contributed by atoms with Crippen molar-refractivity contribution in [3.63, 3.8) is 0 Å². The van der Waals surface area contributed by atoms with Crippen molar-refractivity contribution in [2.45, 2.75) is 0 Å². The molecule has 0 aliphatic carbocycles. The average molecular weight is 510 g/mol. The molecule has 0 saturated carbocycles. The molecule has 0 spiro atoms. The van der Waals surface area contributed by atoms with Gasteiger partial charge in [0.25, 0.3) is 0 Å². The van der Waals surface area contributed by atoms with Gasteiger partial charge in [-0.25, -0.2) is 0 Å². The summed E-state index contributed by atoms with van der Waals surface area (Å²) in [6, 6.07) is 39.3. The van der Waals surface area contributed by atoms with Crippen LogP contribution in [-0.4, -0.2) is 0 Å². The van der Waals surface area contributed by atoms with Gasteiger partial charge in [-0.05, 0) is 105 Å². The molecule has 0 heteroatoms. The van der Waals surface area contributed by atoms with Crippen LogP contribution in [0.2, 0.25) is 0 Å². The fourth-order valence-corrected chi connectivity index (χ4v) is 6.70. The highest BCUT2D eigenvalue weighted by atomic mass is 14.2. The lowest BCUT2D eigenvalue weighted by Gasteiger charge is -2.18. The second-order valence-electron chi connectivity index (χ2n) is 10.5. The molecule has 0 heterocycles. The molecule has 0 saturated heterocycles. The van der Waals surface area contributed by atoms with Crippen molar-refractivity contribution < 1.29 is 6.85 Å². The molecule has 0 nitrogen and oxygen atoms in total. The van der Waals surface area contributed by atoms with Crippen molar-refractivity contribution in [3.8, 4) is 22.3 Å². The van der Waals surface area contributed by atoms with Gasteiger partial charge < -0.3 is 0 Å². The molecule has 0 aromatic heterocycles. The summed E-state index contributed by atoms with van der Waals surface area (Å²) in [5, 5.41) is 13.6. The number of rotatable bonds is 2. The maximum Gasteiger partial charge on any atom is 0.0629 e. The molecule has 184 valence electrons. The molecular weight excluding hydrogens is 480 g/mol. The van der Waals surface area contributed by atoms with Crippen LogP contribution < -0.4 is 0 Å². The molecule has 0 unspecified atom stereocenters. The molecule has 0 aliphatic rings. The third kappa shape index (κ3) is 3.02. The highest BCUT2D eigenvalue weighted by molar-refractivity contribution is 6.27. The maximum atomic E-state index is 8.64. The van der Waals surface area contributed by atoms with Crippen LogP contribution in [0.3, 0.4) is 0 Å². The lowest BCUT2D eigenvalue weighted by atomic mass is 9.86. The Morgan fingerprint density at radius 2 is 1.02 bits per heavy atom. The first-order valence-corrected chi connectivity index (χ1v) is 13.5. The van der Waals surface area contributed by atoms with Crippen LogP contribution in [0.1, 0.15) is 6.85 Å². The van der Waals surface area contributed by atoms with E-state index in [2.05, 4.69) is 97.1 Å². The van der Waals surface area contributed by atoms with E-state index in [4.69, 9.17) is 6.85 Å². The zero-order chi connectivity index (χ0) is 30.6. The molecule has 0 bridgehead atoms. The molecule has 9 aromatic rings. The van der Waals surface area contributed by atoms with Gasteiger partial charge in [0.15, 0.2) is 0 Å². The Kier molecular flexibility index (Phi) is 3.54. The Balaban J connectivity index is 1.37. The maximum absolute atomic E-state index is 8.64. The van der Waals surface area contributed by atoms with E-state index in [1.807, 2.05) is 18.2 Å². The van der Waals surface area contributed by atoms with E-state index in [-0.39, 0.29) is 35.8 Å². The summed E-state index contributed by atoms with van der Waals surface area (Å²) < 4.78 is 41.9. The molecule has 0 amide bonds. The van der Waals surface area contributed by atoms with Gasteiger partial charge in [0.1, 0.15) is 0 Å². The summed E-state index contributed by atoms with van der Waals surface area (Å²) in [5.74, 6) is 0. The molecular formula is C40H24. The molecule has 0 fully saturated rings. The van der Waals surface area contributed by atoms with E-state index in [1.54, 1.807) is 0 Å². The zero-order valence-corrected chi connectivity index (χ0v) is 21.5. The minimum absolute atomic E-state index is 0.186. The third-order valence-corrected chi connectivity index (χ3v) is 8.43. The Labute approximate surface area is 239 Å². The first-order chi connectivity index (χ1) is 21.9. The van der Waals surface area contributed by atoms with Crippen LogP contribution in [0.5, 0.6) is 0 Å². The number of hydrogen-bond donors (Lipinski definition) is 0. The topological polar surface area (TPSA) is 0 Å². The molecule has 0 aliphatic heterocycles. The molecule has 40 heavy (non-hydrogen) atoms. The van der Waals surface area contributed by atoms with Crippen molar-refractivity contribution in [2.24, 2.45) is 0 Å². The predicted octanol–water partition coefficient (Wildman–Crippen LogP) is 11.4. The van der Waals surface area contributed by atoms with Crippen molar-refractivity contribution in [3.05, 3.63) is 145 Å². The molecule has 0 radical (unpaired) electrons. The first-order valence-electron chi connectivity index (χ1n) is 16.0. The molecule has 0 N–H and O–H groups in total. The Bertz CT molecular complexity index is 2660. The molecule has 9 aromatic carbocycles. The van der Waals surface area contributed by atoms with Crippen LogP contribution >= 0.6 is 0 Å². The van der Waals surface area contributed by atoms with Crippen molar-refractivity contribution in [1.82, 2.24) is 0 Å². The summed E-state index contributed by atoms with van der Waals surface area (Å²) in [5.41, 5.74) is 3.22. The minimum atomic E-state index is -0.382. The molecule has 0 atom stereocenters. The quantitative estimate of drug-likeness (QED) is 0.161. The van der Waals surface area contributed by atoms with E-state index >= 15 is 0 Å². The second kappa shape index (κ2) is 8.15. The highest BCUT2D eigenvalue weighted by Gasteiger charge is 2.16. The third-order valence-electron chi connectivity index (χ3n) is 8.43. The SMILES string of the molecule is [2H]c1c([2H])c([2H])c(-c2ccc3ccc4cc(-c5c6ccccc6cc6c5ccc5ccccc56)cc5ccc2c3c45)c([2H])c1[2H]. The number of fused-ring (bicyclic) bond motifs is 4. The van der Waals surface area contributed by atoms with Gasteiger partial charge in [-0.15, -0.1) is 0 Å². The average Bonchev–Trinajstić information content (AvgIpc) is 3.08. The largest absolute Gasteiger partial charge is 0.0629 e. The summed E-state index contributed by atoms with van der Waals surface area (Å²) in [6.45, 7) is 0. The second-order valence-corrected chi connectivity index (χ2v) is 10.5. The van der Waals surface area contributed by atoms with Crippen LogP contribution in [0.4, 0.5) is 0 Å². The fraction of sp³-hybridized carbons (Fsp3) is 0. The van der Waals surface area contributed by atoms with E-state index in [9.17, 15) is 0 Å². The van der Waals surface area contributed by atoms with Gasteiger partial charge in [-0.3, -0.25) is 0 Å². The monoisotopic (exact) mass is 509 g/mol. The van der Waals surface area contributed by atoms with Crippen LogP contribution in [0, 0.1) is 0 Å². The Morgan fingerprint density at radius 3 is 1.88 bits per heavy atom. The van der Waals surface area contributed by atoms with Crippen molar-refractivity contribution in [1.29, 1.82) is 0 Å². The van der Waals surface area contributed by atoms with Gasteiger partial charge in [-0.1, -0.05) is 127 Å². The van der Waals surface area contributed by atoms with Crippen molar-refractivity contribution in [2.75, 3.05) is 0 Å². The van der Waals surface area contributed by atoms with Crippen LogP contribution in [0.25, 0.3) is 86.9 Å². The summed E-state index contributed by atoms with van der Waals surface area (Å²) >= 11 is 0. The van der Waals surface area contributed by atoms with E-state index in [1.165, 1.54) is 37.9 Å². The van der Waals surface area contributed by atoms with Gasteiger partial charge in [0.2, 0.25) is 0 Å². The minimum Gasteiger partial charge on any atom is -0.0622 e. The Morgan fingerprint density at radius 1 is 0.375 bits per heavy atom. The lowest BCUT2D eigenvalue weighted by molar-refractivity contribution is 1.66. The fourth-order valence-electron chi connectivity index (χ4n) is 6.70.